The average molecular weight is 375 g/mol. The van der Waals surface area contributed by atoms with E-state index in [9.17, 15) is 9.59 Å². The van der Waals surface area contributed by atoms with Crippen LogP contribution in [0.1, 0.15) is 44.7 Å². The van der Waals surface area contributed by atoms with Crippen LogP contribution in [0, 0.1) is 0 Å². The lowest BCUT2D eigenvalue weighted by Crippen LogP contribution is -2.15. The number of ketones is 2. The number of fused-ring (bicyclic) bond motifs is 5. The van der Waals surface area contributed by atoms with Gasteiger partial charge in [0.25, 0.3) is 0 Å². The van der Waals surface area contributed by atoms with Crippen LogP contribution >= 0.6 is 11.6 Å². The predicted molar refractivity (Wildman–Crippen MR) is 105 cm³/mol. The summed E-state index contributed by atoms with van der Waals surface area (Å²) >= 11 is 5.98. The van der Waals surface area contributed by atoms with Gasteiger partial charge in [0.05, 0.1) is 11.1 Å². The summed E-state index contributed by atoms with van der Waals surface area (Å²) in [6.45, 7) is 2.04. The Kier molecular flexibility index (Phi) is 3.49. The molecule has 0 radical (unpaired) electrons. The molecular formula is C23H15ClO3. The Bertz CT molecular complexity index is 1160. The first-order valence-corrected chi connectivity index (χ1v) is 9.28. The van der Waals surface area contributed by atoms with E-state index in [1.807, 2.05) is 43.3 Å². The van der Waals surface area contributed by atoms with Crippen LogP contribution in [0.3, 0.4) is 0 Å². The molecule has 3 nitrogen and oxygen atoms in total. The number of aryl methyl sites for hydroxylation is 1. The molecule has 0 saturated carbocycles. The molecule has 0 atom stereocenters. The number of rotatable bonds is 3. The Morgan fingerprint density at radius 2 is 1.44 bits per heavy atom. The molecule has 0 saturated heterocycles. The predicted octanol–water partition coefficient (Wildman–Crippen LogP) is 5.92. The Balaban J connectivity index is 1.59. The van der Waals surface area contributed by atoms with E-state index in [0.717, 1.165) is 28.7 Å². The number of Topliss-reactive ketones (excluding diaryl/α,β-unsaturated/α-hetero) is 2. The van der Waals surface area contributed by atoms with Gasteiger partial charge in [-0.1, -0.05) is 48.9 Å². The van der Waals surface area contributed by atoms with Crippen LogP contribution < -0.4 is 0 Å². The highest BCUT2D eigenvalue weighted by atomic mass is 35.5. The maximum Gasteiger partial charge on any atom is 0.182 e. The van der Waals surface area contributed by atoms with Gasteiger partial charge in [-0.05, 0) is 52.9 Å². The van der Waals surface area contributed by atoms with Gasteiger partial charge in [0.1, 0.15) is 17.1 Å². The zero-order chi connectivity index (χ0) is 18.7. The molecule has 0 unspecified atom stereocenters. The molecule has 4 aromatic rings. The second-order valence-corrected chi connectivity index (χ2v) is 7.29. The number of benzene rings is 3. The van der Waals surface area contributed by atoms with E-state index in [1.54, 1.807) is 12.1 Å². The van der Waals surface area contributed by atoms with Gasteiger partial charge in [0.2, 0.25) is 0 Å². The van der Waals surface area contributed by atoms with Gasteiger partial charge in [-0.2, -0.15) is 0 Å². The van der Waals surface area contributed by atoms with Gasteiger partial charge in [-0.3, -0.25) is 9.59 Å². The normalized spacial score (nSPS) is 14.4. The minimum absolute atomic E-state index is 0.154. The highest BCUT2D eigenvalue weighted by Gasteiger charge is 2.45. The lowest BCUT2D eigenvalue weighted by atomic mass is 9.87. The molecule has 1 aliphatic carbocycles. The fourth-order valence-corrected chi connectivity index (χ4v) is 4.17. The summed E-state index contributed by atoms with van der Waals surface area (Å²) in [5.74, 6) is -1.07. The van der Waals surface area contributed by atoms with E-state index in [-0.39, 0.29) is 11.6 Å². The maximum absolute atomic E-state index is 13.0. The van der Waals surface area contributed by atoms with E-state index in [4.69, 9.17) is 16.0 Å². The van der Waals surface area contributed by atoms with Crippen LogP contribution in [0.5, 0.6) is 0 Å². The van der Waals surface area contributed by atoms with Crippen molar-refractivity contribution in [3.05, 3.63) is 81.9 Å². The van der Waals surface area contributed by atoms with Crippen molar-refractivity contribution in [3.63, 3.8) is 0 Å². The summed E-state index contributed by atoms with van der Waals surface area (Å²) in [4.78, 5) is 26.0. The third kappa shape index (κ3) is 2.28. The van der Waals surface area contributed by atoms with E-state index in [0.29, 0.717) is 27.3 Å². The topological polar surface area (TPSA) is 47.3 Å². The Morgan fingerprint density at radius 1 is 0.852 bits per heavy atom. The molecule has 27 heavy (non-hydrogen) atoms. The van der Waals surface area contributed by atoms with Gasteiger partial charge < -0.3 is 4.42 Å². The number of furan rings is 2. The first kappa shape index (κ1) is 16.3. The van der Waals surface area contributed by atoms with Crippen molar-refractivity contribution in [3.8, 4) is 11.1 Å². The molecule has 0 aliphatic heterocycles. The van der Waals surface area contributed by atoms with Gasteiger partial charge >= 0.3 is 0 Å². The largest absolute Gasteiger partial charge is 0.456 e. The molecule has 5 rings (SSSR count). The maximum atomic E-state index is 13.0. The van der Waals surface area contributed by atoms with E-state index < -0.39 is 5.92 Å². The van der Waals surface area contributed by atoms with Gasteiger partial charge in [0, 0.05) is 5.02 Å². The van der Waals surface area contributed by atoms with Crippen molar-refractivity contribution >= 4 is 34.3 Å². The van der Waals surface area contributed by atoms with Crippen molar-refractivity contribution < 1.29 is 14.0 Å². The standard InChI is InChI=1S/C23H15ClO3/c1-2-12-11-14(13-3-6-15(24)7-4-13)5-8-16(12)19-22(25)20-17-9-10-18(27-17)21(20)23(19)26/h3-11,19H,2H2,1H3. The van der Waals surface area contributed by atoms with E-state index in [2.05, 4.69) is 6.07 Å². The zero-order valence-corrected chi connectivity index (χ0v) is 15.3. The molecule has 0 N–H and O–H groups in total. The number of carbonyl (C=O) groups is 2. The first-order chi connectivity index (χ1) is 13.1. The second-order valence-electron chi connectivity index (χ2n) is 6.85. The fourth-order valence-electron chi connectivity index (χ4n) is 4.05. The molecule has 0 spiro atoms. The zero-order valence-electron chi connectivity index (χ0n) is 14.6. The molecule has 132 valence electrons. The lowest BCUT2D eigenvalue weighted by molar-refractivity contribution is 0.0889. The summed E-state index contributed by atoms with van der Waals surface area (Å²) in [5.41, 5.74) is 5.81. The fraction of sp³-hybridized carbons (Fsp3) is 0.130. The number of carbonyl (C=O) groups excluding carboxylic acids is 2. The Hall–Kier alpha value is -2.91. The van der Waals surface area contributed by atoms with Gasteiger partial charge in [-0.25, -0.2) is 0 Å². The molecule has 2 bridgehead atoms. The monoisotopic (exact) mass is 374 g/mol. The molecule has 2 heterocycles. The average Bonchev–Trinajstić information content (AvgIpc) is 3.36. The molecule has 4 heteroatoms. The number of hydrogen-bond acceptors (Lipinski definition) is 3. The Morgan fingerprint density at radius 3 is 2.04 bits per heavy atom. The minimum Gasteiger partial charge on any atom is -0.456 e. The molecule has 2 aromatic carbocycles. The summed E-state index contributed by atoms with van der Waals surface area (Å²) in [6, 6.07) is 17.1. The van der Waals surface area contributed by atoms with Crippen LogP contribution in [0.15, 0.2) is 59.0 Å². The van der Waals surface area contributed by atoms with Crippen molar-refractivity contribution in [1.82, 2.24) is 0 Å². The second kappa shape index (κ2) is 5.80. The van der Waals surface area contributed by atoms with Crippen molar-refractivity contribution in [2.75, 3.05) is 0 Å². The molecular weight excluding hydrogens is 360 g/mol. The van der Waals surface area contributed by atoms with Gasteiger partial charge in [0.15, 0.2) is 11.6 Å². The SMILES string of the molecule is CCc1cc(-c2ccc(Cl)cc2)ccc1C1C(=O)c2c(c3ccc2o3)C1=O. The van der Waals surface area contributed by atoms with E-state index >= 15 is 0 Å². The molecule has 1 aliphatic rings. The summed E-state index contributed by atoms with van der Waals surface area (Å²) < 4.78 is 5.50. The Labute approximate surface area is 160 Å². The smallest absolute Gasteiger partial charge is 0.182 e. The molecule has 0 amide bonds. The van der Waals surface area contributed by atoms with Crippen molar-refractivity contribution in [2.24, 2.45) is 0 Å². The van der Waals surface area contributed by atoms with E-state index in [1.165, 1.54) is 0 Å². The molecule has 2 aromatic heterocycles. The van der Waals surface area contributed by atoms with Crippen LogP contribution in [0.25, 0.3) is 22.3 Å². The quantitative estimate of drug-likeness (QED) is 0.418. The summed E-state index contributed by atoms with van der Waals surface area (Å²) in [6.07, 6.45) is 0.736. The van der Waals surface area contributed by atoms with Crippen LogP contribution in [-0.2, 0) is 6.42 Å². The summed E-state index contributed by atoms with van der Waals surface area (Å²) in [7, 11) is 0. The number of halogens is 1. The molecule has 0 fully saturated rings. The number of hydrogen-bond donors (Lipinski definition) is 0. The minimum atomic E-state index is -0.766. The first-order valence-electron chi connectivity index (χ1n) is 8.90. The third-order valence-electron chi connectivity index (χ3n) is 5.38. The van der Waals surface area contributed by atoms with Crippen LogP contribution in [-0.4, -0.2) is 11.6 Å². The highest BCUT2D eigenvalue weighted by Crippen LogP contribution is 2.43. The van der Waals surface area contributed by atoms with Crippen molar-refractivity contribution in [1.29, 1.82) is 0 Å². The summed E-state index contributed by atoms with van der Waals surface area (Å²) in [5, 5.41) is 0.689. The third-order valence-corrected chi connectivity index (χ3v) is 5.63. The van der Waals surface area contributed by atoms with Gasteiger partial charge in [-0.15, -0.1) is 0 Å². The van der Waals surface area contributed by atoms with Crippen LogP contribution in [0.4, 0.5) is 0 Å². The highest BCUT2D eigenvalue weighted by molar-refractivity contribution is 6.34. The van der Waals surface area contributed by atoms with Crippen molar-refractivity contribution in [2.45, 2.75) is 19.3 Å². The van der Waals surface area contributed by atoms with Crippen LogP contribution in [0.2, 0.25) is 5.02 Å². The lowest BCUT2D eigenvalue weighted by Gasteiger charge is -2.15.